The summed E-state index contributed by atoms with van der Waals surface area (Å²) in [6.45, 7) is 0. The lowest BCUT2D eigenvalue weighted by Crippen LogP contribution is -1.97. The number of benzene rings is 2. The van der Waals surface area contributed by atoms with E-state index >= 15 is 0 Å². The van der Waals surface area contributed by atoms with Crippen LogP contribution in [0.2, 0.25) is 0 Å². The zero-order chi connectivity index (χ0) is 14.1. The molecule has 96 valence electrons. The van der Waals surface area contributed by atoms with Crippen molar-refractivity contribution in [2.24, 2.45) is 0 Å². The Morgan fingerprint density at radius 2 is 2.05 bits per heavy atom. The first kappa shape index (κ1) is 11.9. The predicted molar refractivity (Wildman–Crippen MR) is 72.4 cm³/mol. The van der Waals surface area contributed by atoms with Gasteiger partial charge in [-0.2, -0.15) is 5.26 Å². The fourth-order valence-electron chi connectivity index (χ4n) is 2.09. The van der Waals surface area contributed by atoms with Crippen molar-refractivity contribution in [3.63, 3.8) is 0 Å². The lowest BCUT2D eigenvalue weighted by molar-refractivity contribution is -0.384. The fourth-order valence-corrected chi connectivity index (χ4v) is 2.09. The molecule has 1 aromatic heterocycles. The molecule has 0 aliphatic carbocycles. The summed E-state index contributed by atoms with van der Waals surface area (Å²) in [5, 5.41) is 19.9. The second kappa shape index (κ2) is 4.48. The first-order chi connectivity index (χ1) is 9.70. The Hall–Kier alpha value is -3.20. The predicted octanol–water partition coefficient (Wildman–Crippen LogP) is 2.81. The third-order valence-electron chi connectivity index (χ3n) is 3.02. The number of aromatic nitrogens is 2. The van der Waals surface area contributed by atoms with Crippen LogP contribution in [0.15, 0.2) is 48.8 Å². The average molecular weight is 264 g/mol. The van der Waals surface area contributed by atoms with Crippen LogP contribution in [-0.4, -0.2) is 14.5 Å². The molecule has 0 amide bonds. The Balaban J connectivity index is 2.24. The monoisotopic (exact) mass is 264 g/mol. The number of non-ortho nitro benzene ring substituents is 1. The molecular weight excluding hydrogens is 256 g/mol. The molecule has 0 atom stereocenters. The molecule has 0 radical (unpaired) electrons. The van der Waals surface area contributed by atoms with Crippen molar-refractivity contribution >= 4 is 16.7 Å². The van der Waals surface area contributed by atoms with Crippen molar-refractivity contribution in [3.05, 3.63) is 64.5 Å². The summed E-state index contributed by atoms with van der Waals surface area (Å²) in [5.41, 5.74) is 2.36. The second-order valence-electron chi connectivity index (χ2n) is 4.17. The molecule has 0 aliphatic rings. The molecule has 1 heterocycles. The second-order valence-corrected chi connectivity index (χ2v) is 4.17. The molecule has 0 saturated carbocycles. The smallest absolute Gasteiger partial charge is 0.270 e. The minimum Gasteiger partial charge on any atom is -0.298 e. The highest BCUT2D eigenvalue weighted by Crippen LogP contribution is 2.24. The molecule has 0 fully saturated rings. The van der Waals surface area contributed by atoms with Crippen molar-refractivity contribution in [1.29, 1.82) is 5.26 Å². The van der Waals surface area contributed by atoms with Gasteiger partial charge in [0.25, 0.3) is 5.69 Å². The van der Waals surface area contributed by atoms with Gasteiger partial charge < -0.3 is 0 Å². The SMILES string of the molecule is N#Cc1cc([N+](=O)[O-])ccc1-n1cnc2ccccc21. The molecule has 0 aliphatic heterocycles. The van der Waals surface area contributed by atoms with Crippen molar-refractivity contribution in [3.8, 4) is 11.8 Å². The van der Waals surface area contributed by atoms with Gasteiger partial charge in [0.05, 0.1) is 27.2 Å². The average Bonchev–Trinajstić information content (AvgIpc) is 2.90. The molecule has 2 aromatic carbocycles. The number of nitro benzene ring substituents is 1. The molecule has 0 spiro atoms. The minimum absolute atomic E-state index is 0.102. The van der Waals surface area contributed by atoms with Crippen LogP contribution in [0.3, 0.4) is 0 Å². The van der Waals surface area contributed by atoms with Gasteiger partial charge in [0.1, 0.15) is 12.4 Å². The molecule has 3 aromatic rings. The summed E-state index contributed by atoms with van der Waals surface area (Å²) in [6, 6.07) is 13.7. The van der Waals surface area contributed by atoms with E-state index in [2.05, 4.69) is 4.98 Å². The van der Waals surface area contributed by atoms with E-state index in [0.717, 1.165) is 11.0 Å². The van der Waals surface area contributed by atoms with Gasteiger partial charge >= 0.3 is 0 Å². The normalized spacial score (nSPS) is 10.3. The number of nitrogens with zero attached hydrogens (tertiary/aromatic N) is 4. The first-order valence-electron chi connectivity index (χ1n) is 5.81. The van der Waals surface area contributed by atoms with Crippen molar-refractivity contribution in [1.82, 2.24) is 9.55 Å². The van der Waals surface area contributed by atoms with Crippen molar-refractivity contribution in [2.45, 2.75) is 0 Å². The number of hydrogen-bond acceptors (Lipinski definition) is 4. The molecular formula is C14H8N4O2. The van der Waals surface area contributed by atoms with Gasteiger partial charge in [0.2, 0.25) is 0 Å². The van der Waals surface area contributed by atoms with E-state index in [9.17, 15) is 15.4 Å². The third-order valence-corrected chi connectivity index (χ3v) is 3.02. The Morgan fingerprint density at radius 3 is 2.80 bits per heavy atom. The number of imidazole rings is 1. The Morgan fingerprint density at radius 1 is 1.25 bits per heavy atom. The summed E-state index contributed by atoms with van der Waals surface area (Å²) >= 11 is 0. The van der Waals surface area contributed by atoms with Crippen LogP contribution in [0.4, 0.5) is 5.69 Å². The largest absolute Gasteiger partial charge is 0.298 e. The molecule has 0 bridgehead atoms. The van der Waals surface area contributed by atoms with Crippen LogP contribution in [0.5, 0.6) is 0 Å². The lowest BCUT2D eigenvalue weighted by Gasteiger charge is -2.06. The standard InChI is InChI=1S/C14H8N4O2/c15-8-10-7-11(18(19)20)5-6-13(10)17-9-16-12-3-1-2-4-14(12)17/h1-7,9H. The zero-order valence-electron chi connectivity index (χ0n) is 10.2. The van der Waals surface area contributed by atoms with E-state index in [1.165, 1.54) is 12.1 Å². The molecule has 3 rings (SSSR count). The van der Waals surface area contributed by atoms with E-state index in [4.69, 9.17) is 0 Å². The Labute approximate surface area is 113 Å². The van der Waals surface area contributed by atoms with Crippen LogP contribution in [0.25, 0.3) is 16.7 Å². The quantitative estimate of drug-likeness (QED) is 0.526. The van der Waals surface area contributed by atoms with Crippen LogP contribution < -0.4 is 0 Å². The zero-order valence-corrected chi connectivity index (χ0v) is 10.2. The summed E-state index contributed by atoms with van der Waals surface area (Å²) in [6.07, 6.45) is 1.60. The number of para-hydroxylation sites is 2. The van der Waals surface area contributed by atoms with Gasteiger partial charge in [-0.25, -0.2) is 4.98 Å². The van der Waals surface area contributed by atoms with Crippen LogP contribution in [0, 0.1) is 21.4 Å². The molecule has 0 unspecified atom stereocenters. The van der Waals surface area contributed by atoms with Gasteiger partial charge in [0, 0.05) is 12.1 Å². The summed E-state index contributed by atoms with van der Waals surface area (Å²) in [7, 11) is 0. The molecule has 6 nitrogen and oxygen atoms in total. The maximum atomic E-state index is 10.8. The third kappa shape index (κ3) is 1.78. The van der Waals surface area contributed by atoms with Gasteiger partial charge in [-0.3, -0.25) is 14.7 Å². The fraction of sp³-hybridized carbons (Fsp3) is 0. The maximum Gasteiger partial charge on any atom is 0.270 e. The molecule has 0 N–H and O–H groups in total. The summed E-state index contributed by atoms with van der Waals surface area (Å²) in [5.74, 6) is 0. The maximum absolute atomic E-state index is 10.8. The van der Waals surface area contributed by atoms with Crippen LogP contribution in [-0.2, 0) is 0 Å². The summed E-state index contributed by atoms with van der Waals surface area (Å²) in [4.78, 5) is 14.5. The summed E-state index contributed by atoms with van der Waals surface area (Å²) < 4.78 is 1.75. The van der Waals surface area contributed by atoms with E-state index in [1.54, 1.807) is 17.0 Å². The number of fused-ring (bicyclic) bond motifs is 1. The Kier molecular flexibility index (Phi) is 2.66. The topological polar surface area (TPSA) is 84.7 Å². The van der Waals surface area contributed by atoms with E-state index < -0.39 is 4.92 Å². The van der Waals surface area contributed by atoms with E-state index in [1.807, 2.05) is 30.3 Å². The highest BCUT2D eigenvalue weighted by Gasteiger charge is 2.13. The highest BCUT2D eigenvalue weighted by molar-refractivity contribution is 5.78. The van der Waals surface area contributed by atoms with E-state index in [-0.39, 0.29) is 11.3 Å². The van der Waals surface area contributed by atoms with Crippen molar-refractivity contribution in [2.75, 3.05) is 0 Å². The van der Waals surface area contributed by atoms with E-state index in [0.29, 0.717) is 5.69 Å². The highest BCUT2D eigenvalue weighted by atomic mass is 16.6. The number of nitro groups is 1. The minimum atomic E-state index is -0.517. The van der Waals surface area contributed by atoms with Gasteiger partial charge in [0.15, 0.2) is 0 Å². The van der Waals surface area contributed by atoms with Crippen molar-refractivity contribution < 1.29 is 4.92 Å². The first-order valence-corrected chi connectivity index (χ1v) is 5.81. The molecule has 20 heavy (non-hydrogen) atoms. The van der Waals surface area contributed by atoms with Gasteiger partial charge in [-0.05, 0) is 18.2 Å². The Bertz CT molecular complexity index is 861. The molecule has 6 heteroatoms. The van der Waals surface area contributed by atoms with Gasteiger partial charge in [-0.15, -0.1) is 0 Å². The van der Waals surface area contributed by atoms with Crippen LogP contribution >= 0.6 is 0 Å². The lowest BCUT2D eigenvalue weighted by atomic mass is 10.1. The number of hydrogen-bond donors (Lipinski definition) is 0. The van der Waals surface area contributed by atoms with Gasteiger partial charge in [-0.1, -0.05) is 12.1 Å². The number of rotatable bonds is 2. The number of nitriles is 1. The van der Waals surface area contributed by atoms with Crippen LogP contribution in [0.1, 0.15) is 5.56 Å². The molecule has 0 saturated heterocycles.